The smallest absolute Gasteiger partial charge is 0.303 e. The van der Waals surface area contributed by atoms with Crippen molar-refractivity contribution in [3.63, 3.8) is 0 Å². The second kappa shape index (κ2) is 5.05. The van der Waals surface area contributed by atoms with E-state index in [4.69, 9.17) is 5.11 Å². The van der Waals surface area contributed by atoms with Gasteiger partial charge in [0.15, 0.2) is 0 Å². The van der Waals surface area contributed by atoms with Crippen LogP contribution in [-0.2, 0) is 4.79 Å². The molecule has 1 aliphatic carbocycles. The first-order valence-corrected chi connectivity index (χ1v) is 6.40. The fraction of sp³-hybridized carbons (Fsp3) is 0.643. The summed E-state index contributed by atoms with van der Waals surface area (Å²) in [6.07, 6.45) is 11.0. The fourth-order valence-electron chi connectivity index (χ4n) is 2.90. The molecule has 0 spiro atoms. The number of rotatable bonds is 4. The van der Waals surface area contributed by atoms with Crippen molar-refractivity contribution in [3.05, 3.63) is 24.3 Å². The van der Waals surface area contributed by atoms with E-state index in [2.05, 4.69) is 24.0 Å². The fourth-order valence-corrected chi connectivity index (χ4v) is 2.90. The minimum absolute atomic E-state index is 0.0303. The zero-order chi connectivity index (χ0) is 12.3. The van der Waals surface area contributed by atoms with Crippen molar-refractivity contribution in [3.8, 4) is 0 Å². The Labute approximate surface area is 103 Å². The molecule has 17 heavy (non-hydrogen) atoms. The van der Waals surface area contributed by atoms with Gasteiger partial charge in [0.1, 0.15) is 0 Å². The van der Waals surface area contributed by atoms with Crippen LogP contribution in [0.1, 0.15) is 26.2 Å². The van der Waals surface area contributed by atoms with Crippen LogP contribution in [0.15, 0.2) is 24.3 Å². The largest absolute Gasteiger partial charge is 0.481 e. The third kappa shape index (κ3) is 2.97. The summed E-state index contributed by atoms with van der Waals surface area (Å²) in [7, 11) is 0. The molecule has 2 unspecified atom stereocenters. The lowest BCUT2D eigenvalue weighted by Crippen LogP contribution is -2.39. The zero-order valence-electron chi connectivity index (χ0n) is 10.4. The van der Waals surface area contributed by atoms with E-state index in [-0.39, 0.29) is 17.8 Å². The van der Waals surface area contributed by atoms with Gasteiger partial charge in [-0.3, -0.25) is 4.79 Å². The first-order valence-electron chi connectivity index (χ1n) is 6.40. The summed E-state index contributed by atoms with van der Waals surface area (Å²) in [5.74, 6) is -0.590. The summed E-state index contributed by atoms with van der Waals surface area (Å²) < 4.78 is 0. The van der Waals surface area contributed by atoms with Crippen molar-refractivity contribution in [1.82, 2.24) is 4.90 Å². The Morgan fingerprint density at radius 1 is 1.41 bits per heavy atom. The molecule has 0 aromatic carbocycles. The average molecular weight is 235 g/mol. The predicted octanol–water partition coefficient (Wildman–Crippen LogP) is 2.31. The van der Waals surface area contributed by atoms with Crippen molar-refractivity contribution in [1.29, 1.82) is 0 Å². The average Bonchev–Trinajstić information content (AvgIpc) is 2.73. The highest BCUT2D eigenvalue weighted by molar-refractivity contribution is 5.67. The Bertz CT molecular complexity index is 342. The third-order valence-corrected chi connectivity index (χ3v) is 3.94. The highest BCUT2D eigenvalue weighted by Gasteiger charge is 2.35. The maximum atomic E-state index is 10.9. The maximum absolute atomic E-state index is 10.9. The molecule has 0 aromatic rings. The Hall–Kier alpha value is -1.09. The highest BCUT2D eigenvalue weighted by Crippen LogP contribution is 2.37. The van der Waals surface area contributed by atoms with Gasteiger partial charge in [0.2, 0.25) is 0 Å². The number of nitrogens with zero attached hydrogens (tertiary/aromatic N) is 1. The number of hydrogen-bond donors (Lipinski definition) is 1. The molecule has 2 rings (SSSR count). The van der Waals surface area contributed by atoms with Gasteiger partial charge in [-0.1, -0.05) is 31.2 Å². The van der Waals surface area contributed by atoms with Crippen LogP contribution in [0.25, 0.3) is 0 Å². The molecule has 1 heterocycles. The summed E-state index contributed by atoms with van der Waals surface area (Å²) >= 11 is 0. The van der Waals surface area contributed by atoms with Crippen molar-refractivity contribution >= 4 is 5.97 Å². The lowest BCUT2D eigenvalue weighted by molar-refractivity contribution is -0.138. The van der Waals surface area contributed by atoms with Gasteiger partial charge in [0.25, 0.3) is 0 Å². The van der Waals surface area contributed by atoms with Crippen LogP contribution in [-0.4, -0.2) is 35.6 Å². The van der Waals surface area contributed by atoms with E-state index in [1.807, 2.05) is 12.2 Å². The lowest BCUT2D eigenvalue weighted by Gasteiger charge is -2.37. The molecule has 1 fully saturated rings. The van der Waals surface area contributed by atoms with Gasteiger partial charge in [-0.2, -0.15) is 0 Å². The van der Waals surface area contributed by atoms with Crippen LogP contribution in [0.5, 0.6) is 0 Å². The van der Waals surface area contributed by atoms with Crippen molar-refractivity contribution < 1.29 is 9.90 Å². The molecule has 0 radical (unpaired) electrons. The van der Waals surface area contributed by atoms with Gasteiger partial charge >= 0.3 is 5.97 Å². The highest BCUT2D eigenvalue weighted by atomic mass is 16.4. The molecular formula is C14H21NO2. The summed E-state index contributed by atoms with van der Waals surface area (Å²) in [6, 6.07) is 0. The first kappa shape index (κ1) is 12.4. The van der Waals surface area contributed by atoms with E-state index in [9.17, 15) is 4.79 Å². The van der Waals surface area contributed by atoms with Gasteiger partial charge in [0, 0.05) is 12.0 Å². The molecule has 1 saturated heterocycles. The van der Waals surface area contributed by atoms with E-state index >= 15 is 0 Å². The number of hydrogen-bond acceptors (Lipinski definition) is 2. The third-order valence-electron chi connectivity index (χ3n) is 3.94. The molecule has 0 saturated carbocycles. The molecule has 3 nitrogen and oxygen atoms in total. The van der Waals surface area contributed by atoms with Crippen molar-refractivity contribution in [2.24, 2.45) is 11.3 Å². The molecule has 0 amide bonds. The van der Waals surface area contributed by atoms with Crippen LogP contribution in [0.4, 0.5) is 0 Å². The zero-order valence-corrected chi connectivity index (χ0v) is 10.4. The van der Waals surface area contributed by atoms with Gasteiger partial charge in [-0.25, -0.2) is 0 Å². The van der Waals surface area contributed by atoms with Gasteiger partial charge < -0.3 is 10.0 Å². The van der Waals surface area contributed by atoms with Crippen LogP contribution >= 0.6 is 0 Å². The molecule has 2 atom stereocenters. The Morgan fingerprint density at radius 3 is 2.76 bits per heavy atom. The van der Waals surface area contributed by atoms with E-state index < -0.39 is 5.97 Å². The molecule has 3 heteroatoms. The Balaban J connectivity index is 2.05. The number of aliphatic carboxylic acids is 1. The Morgan fingerprint density at radius 2 is 2.12 bits per heavy atom. The Kier molecular flexibility index (Phi) is 3.67. The number of allylic oxidation sites excluding steroid dienone is 3. The second-order valence-electron chi connectivity index (χ2n) is 5.44. The van der Waals surface area contributed by atoms with Crippen LogP contribution < -0.4 is 0 Å². The summed E-state index contributed by atoms with van der Waals surface area (Å²) in [5.41, 5.74) is -0.0303. The molecule has 1 N–H and O–H groups in total. The molecule has 0 bridgehead atoms. The molecule has 0 aromatic heterocycles. The van der Waals surface area contributed by atoms with Crippen molar-refractivity contribution in [2.75, 3.05) is 19.6 Å². The standard InChI is InChI=1S/C14H21NO2/c1-14(11-15-8-4-5-9-15)7-3-2-6-12(14)10-13(16)17/h2-3,6-7,12H,4-5,8-11H2,1H3,(H,16,17). The summed E-state index contributed by atoms with van der Waals surface area (Å²) in [4.78, 5) is 13.4. The lowest BCUT2D eigenvalue weighted by atomic mass is 9.72. The topological polar surface area (TPSA) is 40.5 Å². The van der Waals surface area contributed by atoms with Gasteiger partial charge in [0.05, 0.1) is 6.42 Å². The van der Waals surface area contributed by atoms with E-state index in [0.29, 0.717) is 0 Å². The van der Waals surface area contributed by atoms with E-state index in [1.54, 1.807) is 0 Å². The van der Waals surface area contributed by atoms with Crippen LogP contribution in [0, 0.1) is 11.3 Å². The number of carboxylic acid groups (broad SMARTS) is 1. The number of carboxylic acids is 1. The normalized spacial score (nSPS) is 33.1. The van der Waals surface area contributed by atoms with Gasteiger partial charge in [-0.15, -0.1) is 0 Å². The quantitative estimate of drug-likeness (QED) is 0.813. The minimum atomic E-state index is -0.706. The molecule has 94 valence electrons. The summed E-state index contributed by atoms with van der Waals surface area (Å²) in [5, 5.41) is 8.99. The second-order valence-corrected chi connectivity index (χ2v) is 5.44. The summed E-state index contributed by atoms with van der Waals surface area (Å²) in [6.45, 7) is 5.48. The minimum Gasteiger partial charge on any atom is -0.481 e. The monoisotopic (exact) mass is 235 g/mol. The van der Waals surface area contributed by atoms with E-state index in [1.165, 1.54) is 12.8 Å². The number of carbonyl (C=O) groups is 1. The molecule has 1 aliphatic heterocycles. The van der Waals surface area contributed by atoms with Crippen LogP contribution in [0.2, 0.25) is 0 Å². The predicted molar refractivity (Wildman–Crippen MR) is 67.8 cm³/mol. The van der Waals surface area contributed by atoms with Gasteiger partial charge in [-0.05, 0) is 31.8 Å². The van der Waals surface area contributed by atoms with E-state index in [0.717, 1.165) is 19.6 Å². The number of likely N-dealkylation sites (tertiary alicyclic amines) is 1. The maximum Gasteiger partial charge on any atom is 0.303 e. The first-order chi connectivity index (χ1) is 8.10. The molecular weight excluding hydrogens is 214 g/mol. The SMILES string of the molecule is CC1(CN2CCCC2)C=CC=CC1CC(=O)O. The van der Waals surface area contributed by atoms with Crippen molar-refractivity contribution in [2.45, 2.75) is 26.2 Å². The molecule has 2 aliphatic rings. The van der Waals surface area contributed by atoms with Crippen LogP contribution in [0.3, 0.4) is 0 Å².